The van der Waals surface area contributed by atoms with E-state index >= 15 is 0 Å². The molecule has 0 saturated carbocycles. The van der Waals surface area contributed by atoms with Crippen molar-refractivity contribution < 1.29 is 14.3 Å². The molecule has 3 heteroatoms. The summed E-state index contributed by atoms with van der Waals surface area (Å²) in [5.41, 5.74) is -0.311. The molecule has 1 saturated heterocycles. The van der Waals surface area contributed by atoms with E-state index in [1.807, 2.05) is 0 Å². The number of hydrogen-bond acceptors (Lipinski definition) is 3. The molecular formula is C12H22O3. The fourth-order valence-corrected chi connectivity index (χ4v) is 2.49. The minimum absolute atomic E-state index is 0.110. The van der Waals surface area contributed by atoms with Gasteiger partial charge in [-0.15, -0.1) is 0 Å². The van der Waals surface area contributed by atoms with Crippen LogP contribution in [0.15, 0.2) is 0 Å². The zero-order valence-corrected chi connectivity index (χ0v) is 10.4. The maximum atomic E-state index is 11.5. The summed E-state index contributed by atoms with van der Waals surface area (Å²) in [5.74, 6) is 0.465. The highest BCUT2D eigenvalue weighted by molar-refractivity contribution is 5.80. The zero-order chi connectivity index (χ0) is 11.7. The molecule has 1 fully saturated rings. The van der Waals surface area contributed by atoms with Crippen LogP contribution in [0.1, 0.15) is 40.5 Å². The van der Waals surface area contributed by atoms with Crippen molar-refractivity contribution in [2.45, 2.75) is 51.7 Å². The molecule has 0 amide bonds. The standard InChI is InChI=1S/C12H22O3/c1-11(2)7-9(12(3,4)15-11)6-10(13)8-14-5/h9H,6-8H2,1-5H3. The maximum absolute atomic E-state index is 11.5. The molecule has 0 aromatic heterocycles. The molecule has 0 N–H and O–H groups in total. The van der Waals surface area contributed by atoms with Gasteiger partial charge in [-0.3, -0.25) is 4.79 Å². The van der Waals surface area contributed by atoms with Gasteiger partial charge in [0.1, 0.15) is 6.61 Å². The van der Waals surface area contributed by atoms with Crippen LogP contribution in [0.2, 0.25) is 0 Å². The summed E-state index contributed by atoms with van der Waals surface area (Å²) in [5, 5.41) is 0. The molecule has 0 spiro atoms. The summed E-state index contributed by atoms with van der Waals surface area (Å²) in [6, 6.07) is 0. The number of ether oxygens (including phenoxy) is 2. The maximum Gasteiger partial charge on any atom is 0.158 e. The van der Waals surface area contributed by atoms with Crippen LogP contribution in [-0.4, -0.2) is 30.7 Å². The van der Waals surface area contributed by atoms with Gasteiger partial charge in [-0.1, -0.05) is 0 Å². The van der Waals surface area contributed by atoms with Gasteiger partial charge in [0, 0.05) is 13.5 Å². The van der Waals surface area contributed by atoms with Crippen LogP contribution in [-0.2, 0) is 14.3 Å². The minimum atomic E-state index is -0.201. The number of ketones is 1. The zero-order valence-electron chi connectivity index (χ0n) is 10.4. The van der Waals surface area contributed by atoms with Crippen LogP contribution in [0.5, 0.6) is 0 Å². The Kier molecular flexibility index (Phi) is 3.56. The largest absolute Gasteiger partial charge is 0.377 e. The first kappa shape index (κ1) is 12.7. The average Bonchev–Trinajstić information content (AvgIpc) is 2.19. The fraction of sp³-hybridized carbons (Fsp3) is 0.917. The quantitative estimate of drug-likeness (QED) is 0.719. The molecule has 0 aromatic carbocycles. The highest BCUT2D eigenvalue weighted by atomic mass is 16.5. The van der Waals surface area contributed by atoms with Crippen molar-refractivity contribution >= 4 is 5.78 Å². The monoisotopic (exact) mass is 214 g/mol. The van der Waals surface area contributed by atoms with Crippen molar-refractivity contribution in [3.63, 3.8) is 0 Å². The van der Waals surface area contributed by atoms with Crippen LogP contribution in [0, 0.1) is 5.92 Å². The van der Waals surface area contributed by atoms with Gasteiger partial charge in [0.25, 0.3) is 0 Å². The average molecular weight is 214 g/mol. The summed E-state index contributed by atoms with van der Waals surface area (Å²) in [6.45, 7) is 8.50. The van der Waals surface area contributed by atoms with Gasteiger partial charge < -0.3 is 9.47 Å². The van der Waals surface area contributed by atoms with E-state index in [0.29, 0.717) is 12.3 Å². The Labute approximate surface area is 92.1 Å². The third kappa shape index (κ3) is 3.28. The number of carbonyl (C=O) groups is 1. The lowest BCUT2D eigenvalue weighted by molar-refractivity contribution is -0.125. The second kappa shape index (κ2) is 4.22. The van der Waals surface area contributed by atoms with Crippen molar-refractivity contribution in [2.24, 2.45) is 5.92 Å². The van der Waals surface area contributed by atoms with Gasteiger partial charge in [0.2, 0.25) is 0 Å². The van der Waals surface area contributed by atoms with Crippen LogP contribution < -0.4 is 0 Å². The predicted octanol–water partition coefficient (Wildman–Crippen LogP) is 2.19. The Morgan fingerprint density at radius 1 is 1.40 bits per heavy atom. The molecular weight excluding hydrogens is 192 g/mol. The van der Waals surface area contributed by atoms with E-state index in [9.17, 15) is 4.79 Å². The Morgan fingerprint density at radius 3 is 2.40 bits per heavy atom. The molecule has 1 aliphatic rings. The summed E-state index contributed by atoms with van der Waals surface area (Å²) >= 11 is 0. The first-order valence-electron chi connectivity index (χ1n) is 5.48. The number of hydrogen-bond donors (Lipinski definition) is 0. The highest BCUT2D eigenvalue weighted by Gasteiger charge is 2.46. The lowest BCUT2D eigenvalue weighted by Crippen LogP contribution is -2.31. The topological polar surface area (TPSA) is 35.5 Å². The second-order valence-electron chi connectivity index (χ2n) is 5.54. The van der Waals surface area contributed by atoms with Crippen molar-refractivity contribution in [3.8, 4) is 0 Å². The molecule has 0 aromatic rings. The fourth-order valence-electron chi connectivity index (χ4n) is 2.49. The lowest BCUT2D eigenvalue weighted by Gasteiger charge is -2.27. The predicted molar refractivity (Wildman–Crippen MR) is 58.9 cm³/mol. The molecule has 1 aliphatic heterocycles. The number of carbonyl (C=O) groups excluding carboxylic acids is 1. The van der Waals surface area contributed by atoms with E-state index in [0.717, 1.165) is 6.42 Å². The van der Waals surface area contributed by atoms with Gasteiger partial charge in [0.05, 0.1) is 11.2 Å². The van der Waals surface area contributed by atoms with Gasteiger partial charge in [0.15, 0.2) is 5.78 Å². The minimum Gasteiger partial charge on any atom is -0.377 e. The van der Waals surface area contributed by atoms with Crippen LogP contribution in [0.4, 0.5) is 0 Å². The Bertz CT molecular complexity index is 243. The van der Waals surface area contributed by atoms with Crippen LogP contribution >= 0.6 is 0 Å². The first-order valence-corrected chi connectivity index (χ1v) is 5.48. The molecule has 0 bridgehead atoms. The molecule has 1 atom stereocenters. The lowest BCUT2D eigenvalue weighted by atomic mass is 9.84. The normalized spacial score (nSPS) is 27.9. The summed E-state index contributed by atoms with van der Waals surface area (Å²) in [4.78, 5) is 11.5. The molecule has 0 aliphatic carbocycles. The Balaban J connectivity index is 2.59. The second-order valence-corrected chi connectivity index (χ2v) is 5.54. The molecule has 1 unspecified atom stereocenters. The van der Waals surface area contributed by atoms with Gasteiger partial charge >= 0.3 is 0 Å². The van der Waals surface area contributed by atoms with Crippen molar-refractivity contribution in [1.29, 1.82) is 0 Å². The SMILES string of the molecule is COCC(=O)CC1CC(C)(C)OC1(C)C. The molecule has 1 rings (SSSR count). The van der Waals surface area contributed by atoms with Crippen molar-refractivity contribution in [2.75, 3.05) is 13.7 Å². The third-order valence-electron chi connectivity index (χ3n) is 3.04. The van der Waals surface area contributed by atoms with E-state index in [4.69, 9.17) is 9.47 Å². The van der Waals surface area contributed by atoms with Crippen molar-refractivity contribution in [1.82, 2.24) is 0 Å². The summed E-state index contributed by atoms with van der Waals surface area (Å²) in [7, 11) is 1.55. The number of rotatable bonds is 4. The van der Waals surface area contributed by atoms with Gasteiger partial charge in [-0.25, -0.2) is 0 Å². The highest BCUT2D eigenvalue weighted by Crippen LogP contribution is 2.43. The molecule has 15 heavy (non-hydrogen) atoms. The summed E-state index contributed by atoms with van der Waals surface area (Å²) < 4.78 is 10.8. The van der Waals surface area contributed by atoms with Crippen LogP contribution in [0.25, 0.3) is 0 Å². The molecule has 0 radical (unpaired) electrons. The van der Waals surface area contributed by atoms with E-state index in [1.165, 1.54) is 0 Å². The Morgan fingerprint density at radius 2 is 2.00 bits per heavy atom. The van der Waals surface area contributed by atoms with E-state index in [1.54, 1.807) is 7.11 Å². The molecule has 88 valence electrons. The van der Waals surface area contributed by atoms with Crippen LogP contribution in [0.3, 0.4) is 0 Å². The van der Waals surface area contributed by atoms with Gasteiger partial charge in [-0.2, -0.15) is 0 Å². The number of Topliss-reactive ketones (excluding diaryl/α,β-unsaturated/α-hetero) is 1. The van der Waals surface area contributed by atoms with Gasteiger partial charge in [-0.05, 0) is 40.0 Å². The molecule has 1 heterocycles. The van der Waals surface area contributed by atoms with E-state index < -0.39 is 0 Å². The first-order chi connectivity index (χ1) is 6.77. The number of methoxy groups -OCH3 is 1. The van der Waals surface area contributed by atoms with E-state index in [2.05, 4.69) is 27.7 Å². The van der Waals surface area contributed by atoms with Crippen molar-refractivity contribution in [3.05, 3.63) is 0 Å². The summed E-state index contributed by atoms with van der Waals surface area (Å²) in [6.07, 6.45) is 1.50. The Hall–Kier alpha value is -0.410. The third-order valence-corrected chi connectivity index (χ3v) is 3.04. The van der Waals surface area contributed by atoms with E-state index in [-0.39, 0.29) is 23.6 Å². The molecule has 3 nitrogen and oxygen atoms in total. The smallest absolute Gasteiger partial charge is 0.158 e.